The lowest BCUT2D eigenvalue weighted by molar-refractivity contribution is 0.269. The number of hydrogen-bond donors (Lipinski definition) is 0. The van der Waals surface area contributed by atoms with Gasteiger partial charge in [-0.3, -0.25) is 0 Å². The average molecular weight is 808 g/mol. The van der Waals surface area contributed by atoms with Gasteiger partial charge in [0.15, 0.2) is 0 Å². The van der Waals surface area contributed by atoms with E-state index >= 15 is 0 Å². The van der Waals surface area contributed by atoms with Crippen LogP contribution in [0.2, 0.25) is 0 Å². The molecule has 4 heterocycles. The number of anilines is 2. The SMILES string of the molecule is C1=CC2Oc3ccccc3[C@@H]2C=C1.CC.CC1=CC=C1n1c2ccc(-c3ccccc3)cc2c2cc3c(cc21)c1cc(N2C/C=C\C/C=C\C(C)c4ccccc42)ccc1n3C. The molecule has 0 bridgehead atoms. The van der Waals surface area contributed by atoms with Crippen molar-refractivity contribution >= 4 is 60.7 Å². The smallest absolute Gasteiger partial charge is 0.128 e. The fraction of sp³-hybridized carbons (Fsp3) is 0.172. The molecule has 0 amide bonds. The molecule has 4 nitrogen and oxygen atoms in total. The zero-order valence-electron chi connectivity index (χ0n) is 36.3. The number of aromatic nitrogens is 2. The topological polar surface area (TPSA) is 22.3 Å². The molecule has 6 aromatic carbocycles. The zero-order valence-corrected chi connectivity index (χ0v) is 36.3. The number of aryl methyl sites for hydroxylation is 1. The van der Waals surface area contributed by atoms with Gasteiger partial charge in [0, 0.05) is 80.6 Å². The van der Waals surface area contributed by atoms with Crippen LogP contribution in [0.3, 0.4) is 0 Å². The molecule has 0 radical (unpaired) electrons. The standard InChI is InChI=1S/C44H37N3.C12H10O.C2H6/c1-29-13-7-4-5-12-24-46(41-17-11-10-16-34(29)41)33-20-23-40-36(26-33)37-28-44-38(27-43(37)45(40)3)35-25-32(31-14-8-6-9-15-31)19-22-42(35)47(44)39-21-18-30(39)2;1-3-7-11-9(5-1)10-6-2-4-8-12(10)13-11;1-2/h5-23,25-29H,4,24H2,1-3H3;1-9,11H;1-2H3/b12-5-,13-7-;;/t;9-,11?;/m.0./s1. The van der Waals surface area contributed by atoms with Crippen LogP contribution in [0.1, 0.15) is 57.1 Å². The summed E-state index contributed by atoms with van der Waals surface area (Å²) in [6, 6.07) is 46.7. The Morgan fingerprint density at radius 3 is 2.11 bits per heavy atom. The van der Waals surface area contributed by atoms with E-state index < -0.39 is 0 Å². The maximum absolute atomic E-state index is 5.77. The number of nitrogens with zero attached hydrogens (tertiary/aromatic N) is 3. The van der Waals surface area contributed by atoms with Crippen LogP contribution < -0.4 is 9.64 Å². The molecule has 0 spiro atoms. The number of para-hydroxylation sites is 2. The van der Waals surface area contributed by atoms with Crippen LogP contribution >= 0.6 is 0 Å². The van der Waals surface area contributed by atoms with Gasteiger partial charge in [-0.1, -0.05) is 142 Å². The molecule has 2 unspecified atom stereocenters. The third-order valence-corrected chi connectivity index (χ3v) is 12.9. The van der Waals surface area contributed by atoms with E-state index in [0.29, 0.717) is 11.8 Å². The van der Waals surface area contributed by atoms with Crippen molar-refractivity contribution < 1.29 is 4.74 Å². The third kappa shape index (κ3) is 6.71. The van der Waals surface area contributed by atoms with Crippen molar-refractivity contribution in [2.75, 3.05) is 11.4 Å². The molecule has 2 aliphatic heterocycles. The molecule has 306 valence electrons. The second-order valence-electron chi connectivity index (χ2n) is 16.5. The minimum Gasteiger partial charge on any atom is -0.485 e. The Kier molecular flexibility index (Phi) is 10.4. The Hall–Kier alpha value is -7.04. The maximum atomic E-state index is 5.77. The van der Waals surface area contributed by atoms with E-state index in [9.17, 15) is 0 Å². The second kappa shape index (κ2) is 16.4. The Balaban J connectivity index is 0.000000258. The van der Waals surface area contributed by atoms with Gasteiger partial charge in [-0.05, 0) is 102 Å². The van der Waals surface area contributed by atoms with Gasteiger partial charge in [0.1, 0.15) is 11.9 Å². The molecular formula is C58H53N3O. The van der Waals surface area contributed by atoms with Crippen molar-refractivity contribution in [1.82, 2.24) is 9.13 Å². The lowest BCUT2D eigenvalue weighted by Crippen LogP contribution is -2.19. The summed E-state index contributed by atoms with van der Waals surface area (Å²) in [4.78, 5) is 2.48. The van der Waals surface area contributed by atoms with Crippen molar-refractivity contribution in [2.45, 2.75) is 52.1 Å². The molecule has 0 fully saturated rings. The lowest BCUT2D eigenvalue weighted by atomic mass is 9.92. The van der Waals surface area contributed by atoms with Gasteiger partial charge in [-0.2, -0.15) is 0 Å². The second-order valence-corrected chi connectivity index (χ2v) is 16.5. The molecule has 2 aromatic heterocycles. The minimum atomic E-state index is 0.224. The van der Waals surface area contributed by atoms with Crippen LogP contribution in [0.15, 0.2) is 194 Å². The fourth-order valence-corrected chi connectivity index (χ4v) is 9.71. The lowest BCUT2D eigenvalue weighted by Gasteiger charge is -2.28. The minimum absolute atomic E-state index is 0.224. The van der Waals surface area contributed by atoms with Gasteiger partial charge in [0.25, 0.3) is 0 Å². The number of benzene rings is 6. The van der Waals surface area contributed by atoms with Crippen molar-refractivity contribution in [2.24, 2.45) is 7.05 Å². The summed E-state index contributed by atoms with van der Waals surface area (Å²) in [7, 11) is 2.21. The summed E-state index contributed by atoms with van der Waals surface area (Å²) in [5.41, 5.74) is 15.2. The Labute approximate surface area is 365 Å². The van der Waals surface area contributed by atoms with Gasteiger partial charge in [-0.15, -0.1) is 0 Å². The summed E-state index contributed by atoms with van der Waals surface area (Å²) in [6.45, 7) is 9.34. The molecule has 62 heavy (non-hydrogen) atoms. The quantitative estimate of drug-likeness (QED) is 0.166. The molecule has 0 saturated carbocycles. The molecule has 2 aliphatic carbocycles. The largest absolute Gasteiger partial charge is 0.485 e. The molecule has 4 heteroatoms. The van der Waals surface area contributed by atoms with E-state index in [1.165, 1.54) is 88.5 Å². The van der Waals surface area contributed by atoms with E-state index in [4.69, 9.17) is 4.74 Å². The first-order chi connectivity index (χ1) is 30.5. The van der Waals surface area contributed by atoms with Gasteiger partial charge < -0.3 is 18.8 Å². The first-order valence-corrected chi connectivity index (χ1v) is 22.3. The highest BCUT2D eigenvalue weighted by Crippen LogP contribution is 2.44. The highest BCUT2D eigenvalue weighted by Gasteiger charge is 2.31. The highest BCUT2D eigenvalue weighted by atomic mass is 16.5. The Bertz CT molecular complexity index is 3180. The van der Waals surface area contributed by atoms with Crippen LogP contribution in [0.25, 0.3) is 60.4 Å². The number of ether oxygens (including phenoxy) is 1. The average Bonchev–Trinajstić information content (AvgIpc) is 3.95. The molecular weight excluding hydrogens is 755 g/mol. The van der Waals surface area contributed by atoms with Crippen LogP contribution in [-0.4, -0.2) is 21.8 Å². The molecule has 4 aliphatic rings. The third-order valence-electron chi connectivity index (χ3n) is 12.9. The van der Waals surface area contributed by atoms with E-state index in [-0.39, 0.29) is 6.10 Å². The fourth-order valence-electron chi connectivity index (χ4n) is 9.71. The van der Waals surface area contributed by atoms with E-state index in [2.05, 4.69) is 205 Å². The van der Waals surface area contributed by atoms with Crippen LogP contribution in [-0.2, 0) is 7.05 Å². The first kappa shape index (κ1) is 39.1. The highest BCUT2D eigenvalue weighted by molar-refractivity contribution is 6.20. The van der Waals surface area contributed by atoms with Gasteiger partial charge >= 0.3 is 0 Å². The summed E-state index contributed by atoms with van der Waals surface area (Å²) in [6.07, 6.45) is 23.3. The van der Waals surface area contributed by atoms with Gasteiger partial charge in [-0.25, -0.2) is 0 Å². The van der Waals surface area contributed by atoms with Crippen LogP contribution in [0, 0.1) is 0 Å². The zero-order chi connectivity index (χ0) is 42.3. The molecule has 12 rings (SSSR count). The van der Waals surface area contributed by atoms with E-state index in [0.717, 1.165) is 18.7 Å². The number of rotatable bonds is 3. The molecule has 0 saturated heterocycles. The predicted molar refractivity (Wildman–Crippen MR) is 265 cm³/mol. The number of hydrogen-bond acceptors (Lipinski definition) is 2. The molecule has 0 N–H and O–H groups in total. The summed E-state index contributed by atoms with van der Waals surface area (Å²) in [5.74, 6) is 1.81. The van der Waals surface area contributed by atoms with Crippen LogP contribution in [0.4, 0.5) is 11.4 Å². The monoisotopic (exact) mass is 807 g/mol. The van der Waals surface area contributed by atoms with E-state index in [1.807, 2.05) is 32.1 Å². The van der Waals surface area contributed by atoms with Gasteiger partial charge in [0.2, 0.25) is 0 Å². The molecule has 8 aromatic rings. The Morgan fingerprint density at radius 1 is 0.581 bits per heavy atom. The summed E-state index contributed by atoms with van der Waals surface area (Å²) < 4.78 is 10.6. The van der Waals surface area contributed by atoms with E-state index in [1.54, 1.807) is 0 Å². The normalized spacial score (nSPS) is 19.5. The Morgan fingerprint density at radius 2 is 1.29 bits per heavy atom. The number of fused-ring (bicyclic) bond motifs is 10. The predicted octanol–water partition coefficient (Wildman–Crippen LogP) is 15.3. The van der Waals surface area contributed by atoms with Crippen molar-refractivity contribution in [3.8, 4) is 16.9 Å². The summed E-state index contributed by atoms with van der Waals surface area (Å²) >= 11 is 0. The molecule has 3 atom stereocenters. The van der Waals surface area contributed by atoms with Crippen LogP contribution in [0.5, 0.6) is 5.75 Å². The number of allylic oxidation sites excluding steroid dienone is 9. The van der Waals surface area contributed by atoms with Crippen molar-refractivity contribution in [1.29, 1.82) is 0 Å². The van der Waals surface area contributed by atoms with Crippen molar-refractivity contribution in [3.63, 3.8) is 0 Å². The van der Waals surface area contributed by atoms with Crippen molar-refractivity contribution in [3.05, 3.63) is 205 Å². The van der Waals surface area contributed by atoms with Gasteiger partial charge in [0.05, 0.1) is 11.0 Å². The maximum Gasteiger partial charge on any atom is 0.128 e. The first-order valence-electron chi connectivity index (χ1n) is 22.3. The summed E-state index contributed by atoms with van der Waals surface area (Å²) in [5, 5.41) is 5.14.